The fourth-order valence-electron chi connectivity index (χ4n) is 5.53. The Balaban J connectivity index is 1.48. The van der Waals surface area contributed by atoms with Crippen LogP contribution in [-0.2, 0) is 9.53 Å². The molecule has 110 valence electrons. The number of carbonyl (C=O) groups excluding carboxylic acids is 1. The van der Waals surface area contributed by atoms with Crippen molar-refractivity contribution in [2.24, 2.45) is 29.1 Å². The van der Waals surface area contributed by atoms with Crippen LogP contribution in [0.1, 0.15) is 58.8 Å². The van der Waals surface area contributed by atoms with Crippen LogP contribution in [0, 0.1) is 29.1 Å². The summed E-state index contributed by atoms with van der Waals surface area (Å²) in [6.45, 7) is 4.34. The van der Waals surface area contributed by atoms with Gasteiger partial charge in [0.25, 0.3) is 0 Å². The lowest BCUT2D eigenvalue weighted by Gasteiger charge is -2.43. The molecule has 20 heavy (non-hydrogen) atoms. The van der Waals surface area contributed by atoms with E-state index >= 15 is 0 Å². The molecule has 2 nitrogen and oxygen atoms in total. The number of fused-ring (bicyclic) bond motifs is 4. The predicted molar refractivity (Wildman–Crippen MR) is 78.0 cm³/mol. The van der Waals surface area contributed by atoms with Crippen molar-refractivity contribution in [1.29, 1.82) is 0 Å². The van der Waals surface area contributed by atoms with Gasteiger partial charge in [-0.1, -0.05) is 12.2 Å². The van der Waals surface area contributed by atoms with Gasteiger partial charge in [0.2, 0.25) is 0 Å². The maximum absolute atomic E-state index is 12.6. The van der Waals surface area contributed by atoms with Crippen LogP contribution in [0.15, 0.2) is 12.2 Å². The molecule has 0 heterocycles. The number of carbonyl (C=O) groups is 1. The van der Waals surface area contributed by atoms with E-state index in [1.807, 2.05) is 0 Å². The van der Waals surface area contributed by atoms with Crippen molar-refractivity contribution in [2.45, 2.75) is 64.4 Å². The van der Waals surface area contributed by atoms with Crippen LogP contribution in [0.3, 0.4) is 0 Å². The second kappa shape index (κ2) is 4.11. The highest BCUT2D eigenvalue weighted by atomic mass is 16.6. The van der Waals surface area contributed by atoms with Crippen LogP contribution in [0.4, 0.5) is 0 Å². The molecule has 3 atom stereocenters. The zero-order valence-corrected chi connectivity index (χ0v) is 12.7. The summed E-state index contributed by atoms with van der Waals surface area (Å²) in [6.07, 6.45) is 13.2. The van der Waals surface area contributed by atoms with E-state index < -0.39 is 0 Å². The number of esters is 1. The molecule has 2 heteroatoms. The lowest BCUT2D eigenvalue weighted by Crippen LogP contribution is -2.46. The highest BCUT2D eigenvalue weighted by molar-refractivity contribution is 5.74. The van der Waals surface area contributed by atoms with Gasteiger partial charge in [0.1, 0.15) is 5.60 Å². The zero-order chi connectivity index (χ0) is 14.0. The Morgan fingerprint density at radius 3 is 2.45 bits per heavy atom. The molecule has 4 aliphatic carbocycles. The molecule has 4 aliphatic rings. The monoisotopic (exact) mass is 274 g/mol. The molecule has 0 saturated heterocycles. The summed E-state index contributed by atoms with van der Waals surface area (Å²) in [7, 11) is 0. The third-order valence-corrected chi connectivity index (χ3v) is 6.96. The molecule has 0 aromatic carbocycles. The van der Waals surface area contributed by atoms with Crippen molar-refractivity contribution >= 4 is 5.97 Å². The summed E-state index contributed by atoms with van der Waals surface area (Å²) in [6, 6.07) is 0. The van der Waals surface area contributed by atoms with E-state index in [2.05, 4.69) is 26.0 Å². The van der Waals surface area contributed by atoms with E-state index in [1.165, 1.54) is 38.5 Å². The Morgan fingerprint density at radius 2 is 1.95 bits per heavy atom. The van der Waals surface area contributed by atoms with Gasteiger partial charge < -0.3 is 4.74 Å². The fourth-order valence-corrected chi connectivity index (χ4v) is 5.53. The maximum atomic E-state index is 12.6. The first-order chi connectivity index (χ1) is 9.49. The van der Waals surface area contributed by atoms with Crippen LogP contribution in [-0.4, -0.2) is 11.6 Å². The van der Waals surface area contributed by atoms with Gasteiger partial charge in [-0.05, 0) is 76.5 Å². The average Bonchev–Trinajstić information content (AvgIpc) is 3.18. The summed E-state index contributed by atoms with van der Waals surface area (Å²) >= 11 is 0. The third-order valence-electron chi connectivity index (χ3n) is 6.96. The van der Waals surface area contributed by atoms with Gasteiger partial charge in [-0.3, -0.25) is 4.79 Å². The topological polar surface area (TPSA) is 26.3 Å². The minimum atomic E-state index is -0.277. The third kappa shape index (κ3) is 1.72. The van der Waals surface area contributed by atoms with E-state index in [0.717, 1.165) is 12.3 Å². The van der Waals surface area contributed by atoms with Crippen LogP contribution >= 0.6 is 0 Å². The molecule has 0 radical (unpaired) electrons. The largest absolute Gasteiger partial charge is 0.459 e. The second-order valence-electron chi connectivity index (χ2n) is 8.25. The molecule has 4 bridgehead atoms. The van der Waals surface area contributed by atoms with Gasteiger partial charge in [-0.25, -0.2) is 0 Å². The lowest BCUT2D eigenvalue weighted by molar-refractivity contribution is -0.176. The molecule has 0 aromatic rings. The highest BCUT2D eigenvalue weighted by Gasteiger charge is 2.56. The van der Waals surface area contributed by atoms with E-state index in [1.54, 1.807) is 0 Å². The molecule has 0 aliphatic heterocycles. The first-order valence-electron chi connectivity index (χ1n) is 8.40. The molecule has 3 fully saturated rings. The first-order valence-corrected chi connectivity index (χ1v) is 8.40. The normalized spacial score (nSPS) is 45.3. The lowest BCUT2D eigenvalue weighted by atomic mass is 9.71. The van der Waals surface area contributed by atoms with Crippen molar-refractivity contribution in [3.63, 3.8) is 0 Å². The van der Waals surface area contributed by atoms with Gasteiger partial charge in [0.15, 0.2) is 0 Å². The predicted octanol–water partition coefficient (Wildman–Crippen LogP) is 4.10. The Morgan fingerprint density at radius 1 is 1.20 bits per heavy atom. The van der Waals surface area contributed by atoms with E-state index in [4.69, 9.17) is 4.74 Å². The van der Waals surface area contributed by atoms with Gasteiger partial charge in [-0.15, -0.1) is 0 Å². The van der Waals surface area contributed by atoms with Gasteiger partial charge in [0, 0.05) is 5.41 Å². The summed E-state index contributed by atoms with van der Waals surface area (Å²) in [5, 5.41) is 0. The van der Waals surface area contributed by atoms with Crippen molar-refractivity contribution in [3.8, 4) is 0 Å². The summed E-state index contributed by atoms with van der Waals surface area (Å²) in [5.74, 6) is 2.22. The van der Waals surface area contributed by atoms with E-state index in [0.29, 0.717) is 11.8 Å². The molecule has 0 aromatic heterocycles. The summed E-state index contributed by atoms with van der Waals surface area (Å²) < 4.78 is 6.11. The van der Waals surface area contributed by atoms with Crippen molar-refractivity contribution in [1.82, 2.24) is 0 Å². The minimum absolute atomic E-state index is 0.0802. The van der Waals surface area contributed by atoms with Gasteiger partial charge in [-0.2, -0.15) is 0 Å². The zero-order valence-electron chi connectivity index (χ0n) is 12.7. The van der Waals surface area contributed by atoms with Crippen LogP contribution < -0.4 is 0 Å². The summed E-state index contributed by atoms with van der Waals surface area (Å²) in [5.41, 5.74) is 0.00165. The number of hydrogen-bond donors (Lipinski definition) is 0. The number of allylic oxidation sites excluding steroid dienone is 2. The van der Waals surface area contributed by atoms with E-state index in [9.17, 15) is 4.79 Å². The van der Waals surface area contributed by atoms with Crippen LogP contribution in [0.25, 0.3) is 0 Å². The van der Waals surface area contributed by atoms with Crippen LogP contribution in [0.2, 0.25) is 0 Å². The standard InChI is InChI=1S/C18H26O2/c1-17(2,18-7-5-12(11-18)6-8-18)20-16(19)15-10-13-3-4-14(15)9-13/h3-4,12-15H,5-11H2,1-2H3. The maximum Gasteiger partial charge on any atom is 0.310 e. The molecular formula is C18H26O2. The van der Waals surface area contributed by atoms with Crippen LogP contribution in [0.5, 0.6) is 0 Å². The molecule has 3 unspecified atom stereocenters. The SMILES string of the molecule is CC(C)(OC(=O)C1CC2C=CC1C2)C12CCC(CC1)C2. The first kappa shape index (κ1) is 12.9. The van der Waals surface area contributed by atoms with E-state index in [-0.39, 0.29) is 22.9 Å². The minimum Gasteiger partial charge on any atom is -0.459 e. The number of ether oxygens (including phenoxy) is 1. The number of rotatable bonds is 3. The fraction of sp³-hybridized carbons (Fsp3) is 0.833. The Hall–Kier alpha value is -0.790. The van der Waals surface area contributed by atoms with Crippen molar-refractivity contribution in [2.75, 3.05) is 0 Å². The van der Waals surface area contributed by atoms with Gasteiger partial charge in [0.05, 0.1) is 5.92 Å². The average molecular weight is 274 g/mol. The highest BCUT2D eigenvalue weighted by Crippen LogP contribution is 2.60. The molecule has 4 rings (SSSR count). The molecule has 0 amide bonds. The molecule has 0 N–H and O–H groups in total. The van der Waals surface area contributed by atoms with Crippen molar-refractivity contribution < 1.29 is 9.53 Å². The number of hydrogen-bond acceptors (Lipinski definition) is 2. The van der Waals surface area contributed by atoms with Gasteiger partial charge >= 0.3 is 5.97 Å². The molecule has 0 spiro atoms. The smallest absolute Gasteiger partial charge is 0.310 e. The molecule has 3 saturated carbocycles. The van der Waals surface area contributed by atoms with Crippen molar-refractivity contribution in [3.05, 3.63) is 12.2 Å². The quantitative estimate of drug-likeness (QED) is 0.572. The Labute approximate surface area is 122 Å². The molecular weight excluding hydrogens is 248 g/mol. The Kier molecular flexibility index (Phi) is 2.66. The Bertz CT molecular complexity index is 454. The summed E-state index contributed by atoms with van der Waals surface area (Å²) in [4.78, 5) is 12.6. The second-order valence-corrected chi connectivity index (χ2v) is 8.25.